The summed E-state index contributed by atoms with van der Waals surface area (Å²) >= 11 is 0. The van der Waals surface area contributed by atoms with Crippen LogP contribution < -0.4 is 0 Å². The van der Waals surface area contributed by atoms with E-state index < -0.39 is 0 Å². The summed E-state index contributed by atoms with van der Waals surface area (Å²) in [5, 5.41) is 0. The second-order valence-electron chi connectivity index (χ2n) is 4.00. The van der Waals surface area contributed by atoms with Crippen LogP contribution >= 0.6 is 0 Å². The van der Waals surface area contributed by atoms with Crippen LogP contribution in [0.25, 0.3) is 0 Å². The van der Waals surface area contributed by atoms with Gasteiger partial charge in [0.25, 0.3) is 0 Å². The Bertz CT molecular complexity index is 196. The molecule has 0 amide bonds. The summed E-state index contributed by atoms with van der Waals surface area (Å²) in [4.78, 5) is 13.7. The molecule has 1 saturated heterocycles. The number of hydrogen-bond acceptors (Lipinski definition) is 4. The van der Waals surface area contributed by atoms with Crippen LogP contribution in [-0.2, 0) is 14.3 Å². The van der Waals surface area contributed by atoms with Crippen molar-refractivity contribution in [3.8, 4) is 0 Å². The lowest BCUT2D eigenvalue weighted by atomic mass is 10.1. The molecule has 0 saturated carbocycles. The van der Waals surface area contributed by atoms with Gasteiger partial charge >= 0.3 is 5.97 Å². The Morgan fingerprint density at radius 3 is 3.00 bits per heavy atom. The van der Waals surface area contributed by atoms with Crippen molar-refractivity contribution in [3.63, 3.8) is 0 Å². The molecule has 4 heteroatoms. The molecule has 0 aromatic heterocycles. The molecule has 0 spiro atoms. The SMILES string of the molecule is CCCCOC(=O)C1CCN(COC)C1. The fourth-order valence-corrected chi connectivity index (χ4v) is 1.76. The predicted octanol–water partition coefficient (Wildman–Crippen LogP) is 1.26. The Morgan fingerprint density at radius 2 is 2.33 bits per heavy atom. The Hall–Kier alpha value is -0.610. The van der Waals surface area contributed by atoms with Crippen molar-refractivity contribution in [2.24, 2.45) is 5.92 Å². The van der Waals surface area contributed by atoms with Gasteiger partial charge in [-0.05, 0) is 12.8 Å². The molecule has 0 N–H and O–H groups in total. The third-order valence-corrected chi connectivity index (χ3v) is 2.66. The fourth-order valence-electron chi connectivity index (χ4n) is 1.76. The minimum atomic E-state index is -0.0398. The largest absolute Gasteiger partial charge is 0.465 e. The smallest absolute Gasteiger partial charge is 0.310 e. The summed E-state index contributed by atoms with van der Waals surface area (Å²) in [6.45, 7) is 4.97. The van der Waals surface area contributed by atoms with E-state index in [0.29, 0.717) is 13.3 Å². The summed E-state index contributed by atoms with van der Waals surface area (Å²) in [5.41, 5.74) is 0. The molecule has 0 bridgehead atoms. The van der Waals surface area contributed by atoms with Gasteiger partial charge < -0.3 is 9.47 Å². The second-order valence-corrected chi connectivity index (χ2v) is 4.00. The van der Waals surface area contributed by atoms with Crippen molar-refractivity contribution in [3.05, 3.63) is 0 Å². The third kappa shape index (κ3) is 4.18. The maximum Gasteiger partial charge on any atom is 0.310 e. The van der Waals surface area contributed by atoms with Crippen molar-refractivity contribution in [1.82, 2.24) is 4.90 Å². The standard InChI is InChI=1S/C11H21NO3/c1-3-4-7-15-11(13)10-5-6-12(8-10)9-14-2/h10H,3-9H2,1-2H3. The van der Waals surface area contributed by atoms with Gasteiger partial charge in [-0.15, -0.1) is 0 Å². The third-order valence-electron chi connectivity index (χ3n) is 2.66. The lowest BCUT2D eigenvalue weighted by Gasteiger charge is -2.13. The van der Waals surface area contributed by atoms with Gasteiger partial charge in [0.2, 0.25) is 0 Å². The van der Waals surface area contributed by atoms with Crippen LogP contribution in [0.5, 0.6) is 0 Å². The van der Waals surface area contributed by atoms with Crippen molar-refractivity contribution in [1.29, 1.82) is 0 Å². The topological polar surface area (TPSA) is 38.8 Å². The lowest BCUT2D eigenvalue weighted by molar-refractivity contribution is -0.148. The van der Waals surface area contributed by atoms with Gasteiger partial charge in [0, 0.05) is 20.2 Å². The van der Waals surface area contributed by atoms with Crippen LogP contribution in [0.2, 0.25) is 0 Å². The highest BCUT2D eigenvalue weighted by Crippen LogP contribution is 2.17. The molecule has 1 unspecified atom stereocenters. The molecule has 1 atom stereocenters. The summed E-state index contributed by atoms with van der Waals surface area (Å²) in [7, 11) is 1.67. The van der Waals surface area contributed by atoms with E-state index in [9.17, 15) is 4.79 Å². The first-order chi connectivity index (χ1) is 7.27. The van der Waals surface area contributed by atoms with Crippen LogP contribution in [0.4, 0.5) is 0 Å². The number of hydrogen-bond donors (Lipinski definition) is 0. The van der Waals surface area contributed by atoms with Gasteiger partial charge in [0.1, 0.15) is 0 Å². The number of likely N-dealkylation sites (tertiary alicyclic amines) is 1. The minimum absolute atomic E-state index is 0.0398. The Labute approximate surface area is 91.5 Å². The molecule has 1 aliphatic heterocycles. The van der Waals surface area contributed by atoms with Gasteiger partial charge in [-0.2, -0.15) is 0 Å². The van der Waals surface area contributed by atoms with Crippen LogP contribution in [-0.4, -0.2) is 44.4 Å². The van der Waals surface area contributed by atoms with Crippen LogP contribution in [0, 0.1) is 5.92 Å². The maximum absolute atomic E-state index is 11.6. The molecule has 4 nitrogen and oxygen atoms in total. The first-order valence-corrected chi connectivity index (χ1v) is 5.65. The zero-order valence-corrected chi connectivity index (χ0v) is 9.70. The van der Waals surface area contributed by atoms with E-state index in [2.05, 4.69) is 11.8 Å². The van der Waals surface area contributed by atoms with Crippen molar-refractivity contribution in [2.75, 3.05) is 33.5 Å². The van der Waals surface area contributed by atoms with Gasteiger partial charge in [0.05, 0.1) is 19.3 Å². The maximum atomic E-state index is 11.6. The molecule has 1 fully saturated rings. The number of nitrogens with zero attached hydrogens (tertiary/aromatic N) is 1. The quantitative estimate of drug-likeness (QED) is 0.494. The molecule has 0 aromatic carbocycles. The first kappa shape index (κ1) is 12.5. The van der Waals surface area contributed by atoms with Crippen LogP contribution in [0.15, 0.2) is 0 Å². The van der Waals surface area contributed by atoms with E-state index >= 15 is 0 Å². The minimum Gasteiger partial charge on any atom is -0.465 e. The fraction of sp³-hybridized carbons (Fsp3) is 0.909. The highest BCUT2D eigenvalue weighted by Gasteiger charge is 2.28. The number of carbonyl (C=O) groups is 1. The number of carbonyl (C=O) groups excluding carboxylic acids is 1. The molecule has 88 valence electrons. The van der Waals surface area contributed by atoms with E-state index in [1.807, 2.05) is 0 Å². The van der Waals surface area contributed by atoms with Crippen LogP contribution in [0.1, 0.15) is 26.2 Å². The highest BCUT2D eigenvalue weighted by atomic mass is 16.5. The molecule has 0 radical (unpaired) electrons. The molecule has 1 rings (SSSR count). The first-order valence-electron chi connectivity index (χ1n) is 5.65. The number of esters is 1. The van der Waals surface area contributed by atoms with Crippen molar-refractivity contribution in [2.45, 2.75) is 26.2 Å². The normalized spacial score (nSPS) is 21.9. The Balaban J connectivity index is 2.18. The van der Waals surface area contributed by atoms with Crippen molar-refractivity contribution >= 4 is 5.97 Å². The summed E-state index contributed by atoms with van der Waals surface area (Å²) in [5.74, 6) is 0.0130. The van der Waals surface area contributed by atoms with Gasteiger partial charge in [-0.3, -0.25) is 9.69 Å². The summed E-state index contributed by atoms with van der Waals surface area (Å²) < 4.78 is 10.2. The molecule has 1 heterocycles. The van der Waals surface area contributed by atoms with Crippen LogP contribution in [0.3, 0.4) is 0 Å². The van der Waals surface area contributed by atoms with E-state index in [-0.39, 0.29) is 11.9 Å². The number of unbranched alkanes of at least 4 members (excludes halogenated alkanes) is 1. The van der Waals surface area contributed by atoms with Gasteiger partial charge in [0.15, 0.2) is 0 Å². The van der Waals surface area contributed by atoms with E-state index in [1.54, 1.807) is 7.11 Å². The summed E-state index contributed by atoms with van der Waals surface area (Å²) in [6, 6.07) is 0. The zero-order valence-electron chi connectivity index (χ0n) is 9.70. The van der Waals surface area contributed by atoms with Crippen molar-refractivity contribution < 1.29 is 14.3 Å². The lowest BCUT2D eigenvalue weighted by Crippen LogP contribution is -2.26. The number of rotatable bonds is 6. The van der Waals surface area contributed by atoms with E-state index in [4.69, 9.17) is 9.47 Å². The average Bonchev–Trinajstić information content (AvgIpc) is 2.67. The second kappa shape index (κ2) is 6.80. The Kier molecular flexibility index (Phi) is 5.65. The van der Waals surface area contributed by atoms with Gasteiger partial charge in [-0.1, -0.05) is 13.3 Å². The number of methoxy groups -OCH3 is 1. The summed E-state index contributed by atoms with van der Waals surface area (Å²) in [6.07, 6.45) is 2.92. The van der Waals surface area contributed by atoms with E-state index in [1.165, 1.54) is 0 Å². The highest BCUT2D eigenvalue weighted by molar-refractivity contribution is 5.73. The predicted molar refractivity (Wildman–Crippen MR) is 57.4 cm³/mol. The molecule has 1 aliphatic rings. The average molecular weight is 215 g/mol. The monoisotopic (exact) mass is 215 g/mol. The molecule has 0 aromatic rings. The van der Waals surface area contributed by atoms with Gasteiger partial charge in [-0.25, -0.2) is 0 Å². The molecule has 0 aliphatic carbocycles. The molecular weight excluding hydrogens is 194 g/mol. The molecular formula is C11H21NO3. The zero-order chi connectivity index (χ0) is 11.1. The Morgan fingerprint density at radius 1 is 1.53 bits per heavy atom. The number of ether oxygens (including phenoxy) is 2. The molecule has 15 heavy (non-hydrogen) atoms. The van der Waals surface area contributed by atoms with E-state index in [0.717, 1.165) is 32.4 Å².